The number of nitro benzene ring substituents is 1. The number of non-ortho nitro benzene ring substituents is 1. The summed E-state index contributed by atoms with van der Waals surface area (Å²) in [5, 5.41) is 17.6. The first-order valence-electron chi connectivity index (χ1n) is 13.3. The lowest BCUT2D eigenvalue weighted by Crippen LogP contribution is -2.62. The molecule has 4 aliphatic heterocycles. The minimum Gasteiger partial charge on any atom is -0.325 e. The van der Waals surface area contributed by atoms with Gasteiger partial charge in [-0.1, -0.05) is 49.4 Å². The van der Waals surface area contributed by atoms with Crippen molar-refractivity contribution < 1.29 is 19.3 Å². The number of amides is 2. The van der Waals surface area contributed by atoms with Crippen molar-refractivity contribution in [2.45, 2.75) is 43.2 Å². The zero-order valence-corrected chi connectivity index (χ0v) is 21.3. The minimum absolute atomic E-state index is 0.163. The summed E-state index contributed by atoms with van der Waals surface area (Å²) in [7, 11) is 0. The van der Waals surface area contributed by atoms with Gasteiger partial charge in [-0.25, -0.2) is 0 Å². The molecule has 2 N–H and O–H groups in total. The van der Waals surface area contributed by atoms with E-state index >= 15 is 0 Å². The summed E-state index contributed by atoms with van der Waals surface area (Å²) in [6, 6.07) is 18.4. The Morgan fingerprint density at radius 2 is 1.77 bits per heavy atom. The molecule has 7 rings (SSSR count). The maximum absolute atomic E-state index is 14.6. The average Bonchev–Trinajstić information content (AvgIpc) is 3.66. The first-order valence-corrected chi connectivity index (χ1v) is 13.3. The molecule has 0 unspecified atom stereocenters. The van der Waals surface area contributed by atoms with Gasteiger partial charge in [0.2, 0.25) is 5.91 Å². The van der Waals surface area contributed by atoms with Gasteiger partial charge in [-0.2, -0.15) is 0 Å². The van der Waals surface area contributed by atoms with Gasteiger partial charge in [0.15, 0.2) is 5.78 Å². The van der Waals surface area contributed by atoms with Crippen LogP contribution in [-0.4, -0.2) is 40.0 Å². The molecule has 9 heteroatoms. The number of Topliss-reactive ketones (excluding diaryl/α,β-unsaturated/α-hetero) is 1. The molecule has 4 atom stereocenters. The number of benzene rings is 3. The van der Waals surface area contributed by atoms with Crippen molar-refractivity contribution in [2.75, 3.05) is 17.2 Å². The third-order valence-corrected chi connectivity index (χ3v) is 9.19. The van der Waals surface area contributed by atoms with Gasteiger partial charge in [0.05, 0.1) is 10.8 Å². The Hall–Kier alpha value is -4.37. The van der Waals surface area contributed by atoms with Crippen LogP contribution in [0, 0.1) is 16.0 Å². The molecule has 9 nitrogen and oxygen atoms in total. The fourth-order valence-corrected chi connectivity index (χ4v) is 7.80. The Kier molecular flexibility index (Phi) is 4.91. The summed E-state index contributed by atoms with van der Waals surface area (Å²) in [6.45, 7) is 2.58. The Labute approximate surface area is 224 Å². The predicted molar refractivity (Wildman–Crippen MR) is 144 cm³/mol. The van der Waals surface area contributed by atoms with Gasteiger partial charge in [0.25, 0.3) is 11.6 Å². The Morgan fingerprint density at radius 3 is 2.56 bits per heavy atom. The summed E-state index contributed by atoms with van der Waals surface area (Å²) in [4.78, 5) is 56.6. The minimum atomic E-state index is -1.57. The third-order valence-electron chi connectivity index (χ3n) is 9.19. The SMILES string of the molecule is CCc1ccc2c(c1)[C@]1(C(=O)N2)N2CCC[C@@H]2[C@H](C(=O)c2cccc([N+](=O)[O-])c2)[C@]12C(=O)Nc1ccccc12. The number of hydrogen-bond acceptors (Lipinski definition) is 6. The predicted octanol–water partition coefficient (Wildman–Crippen LogP) is 4.17. The van der Waals surface area contributed by atoms with Crippen LogP contribution in [-0.2, 0) is 27.0 Å². The molecule has 2 fully saturated rings. The summed E-state index contributed by atoms with van der Waals surface area (Å²) >= 11 is 0. The van der Waals surface area contributed by atoms with Gasteiger partial charge in [-0.3, -0.25) is 29.4 Å². The van der Waals surface area contributed by atoms with E-state index in [0.29, 0.717) is 35.5 Å². The highest BCUT2D eigenvalue weighted by molar-refractivity contribution is 6.21. The molecule has 3 aromatic rings. The molecule has 2 amide bonds. The van der Waals surface area contributed by atoms with Crippen LogP contribution in [0.3, 0.4) is 0 Å². The molecule has 2 saturated heterocycles. The maximum Gasteiger partial charge on any atom is 0.270 e. The smallest absolute Gasteiger partial charge is 0.270 e. The van der Waals surface area contributed by atoms with Crippen LogP contribution >= 0.6 is 0 Å². The number of fused-ring (bicyclic) bond motifs is 7. The zero-order chi connectivity index (χ0) is 27.1. The molecule has 39 heavy (non-hydrogen) atoms. The fourth-order valence-electron chi connectivity index (χ4n) is 7.80. The molecule has 0 radical (unpaired) electrons. The molecule has 4 heterocycles. The number of nitro groups is 1. The van der Waals surface area contributed by atoms with Crippen molar-refractivity contribution in [1.29, 1.82) is 0 Å². The monoisotopic (exact) mass is 522 g/mol. The Balaban J connectivity index is 1.57. The highest BCUT2D eigenvalue weighted by Crippen LogP contribution is 2.67. The van der Waals surface area contributed by atoms with Crippen LogP contribution in [0.4, 0.5) is 17.1 Å². The number of rotatable bonds is 4. The standard InChI is InChI=1S/C30H26N4O5/c1-2-17-12-13-23-21(15-17)30(28(37)32-23)29(20-9-3-4-10-22(20)31-27(29)36)25(24-11-6-14-33(24)30)26(35)18-7-5-8-19(16-18)34(38)39/h3-5,7-10,12-13,15-16,24-25H,2,6,11,14H2,1H3,(H,31,36)(H,32,37)/t24-,25-,29-,30-/m1/s1. The lowest BCUT2D eigenvalue weighted by atomic mass is 9.57. The molecular weight excluding hydrogens is 496 g/mol. The van der Waals surface area contributed by atoms with E-state index in [1.54, 1.807) is 12.1 Å². The molecule has 4 aliphatic rings. The van der Waals surface area contributed by atoms with Crippen molar-refractivity contribution in [3.8, 4) is 0 Å². The number of nitrogens with zero attached hydrogens (tertiary/aromatic N) is 2. The lowest BCUT2D eigenvalue weighted by molar-refractivity contribution is -0.384. The number of ketones is 1. The first-order chi connectivity index (χ1) is 18.8. The molecule has 3 aromatic carbocycles. The highest BCUT2D eigenvalue weighted by atomic mass is 16.6. The highest BCUT2D eigenvalue weighted by Gasteiger charge is 2.81. The van der Waals surface area contributed by atoms with E-state index in [1.807, 2.05) is 43.3 Å². The van der Waals surface area contributed by atoms with E-state index < -0.39 is 33.7 Å². The second-order valence-corrected chi connectivity index (χ2v) is 10.8. The lowest BCUT2D eigenvalue weighted by Gasteiger charge is -2.43. The molecule has 0 aliphatic carbocycles. The van der Waals surface area contributed by atoms with Crippen LogP contribution in [0.5, 0.6) is 0 Å². The van der Waals surface area contributed by atoms with Crippen LogP contribution in [0.1, 0.15) is 46.8 Å². The number of hydrogen-bond donors (Lipinski definition) is 2. The molecule has 0 saturated carbocycles. The third kappa shape index (κ3) is 2.75. The zero-order valence-electron chi connectivity index (χ0n) is 21.3. The summed E-state index contributed by atoms with van der Waals surface area (Å²) in [5.41, 5.74) is 0.503. The number of carbonyl (C=O) groups is 3. The van der Waals surface area contributed by atoms with Gasteiger partial charge in [0, 0.05) is 40.7 Å². The Bertz CT molecular complexity index is 1620. The largest absolute Gasteiger partial charge is 0.325 e. The summed E-state index contributed by atoms with van der Waals surface area (Å²) < 4.78 is 0. The number of anilines is 2. The average molecular weight is 523 g/mol. The number of aryl methyl sites for hydroxylation is 1. The van der Waals surface area contributed by atoms with Gasteiger partial charge < -0.3 is 10.6 Å². The van der Waals surface area contributed by atoms with Gasteiger partial charge >= 0.3 is 0 Å². The molecule has 0 aromatic heterocycles. The van der Waals surface area contributed by atoms with Crippen molar-refractivity contribution in [3.05, 3.63) is 99.1 Å². The quantitative estimate of drug-likeness (QED) is 0.301. The normalized spacial score (nSPS) is 28.3. The van der Waals surface area contributed by atoms with Crippen LogP contribution in [0.15, 0.2) is 66.7 Å². The fraction of sp³-hybridized carbons (Fsp3) is 0.300. The molecule has 2 spiro atoms. The van der Waals surface area contributed by atoms with E-state index in [4.69, 9.17) is 0 Å². The van der Waals surface area contributed by atoms with Crippen molar-refractivity contribution in [1.82, 2.24) is 4.90 Å². The van der Waals surface area contributed by atoms with E-state index in [9.17, 15) is 24.5 Å². The van der Waals surface area contributed by atoms with Crippen molar-refractivity contribution in [2.24, 2.45) is 5.92 Å². The van der Waals surface area contributed by atoms with E-state index in [2.05, 4.69) is 15.5 Å². The number of nitrogens with one attached hydrogen (secondary N) is 2. The molecular formula is C30H26N4O5. The van der Waals surface area contributed by atoms with Gasteiger partial charge in [-0.05, 0) is 49.1 Å². The second-order valence-electron chi connectivity index (χ2n) is 10.8. The summed E-state index contributed by atoms with van der Waals surface area (Å²) in [6.07, 6.45) is 2.13. The van der Waals surface area contributed by atoms with Crippen LogP contribution in [0.2, 0.25) is 0 Å². The molecule has 0 bridgehead atoms. The van der Waals surface area contributed by atoms with Crippen LogP contribution < -0.4 is 10.6 Å². The number of carbonyl (C=O) groups excluding carboxylic acids is 3. The van der Waals surface area contributed by atoms with Gasteiger partial charge in [0.1, 0.15) is 11.0 Å². The Morgan fingerprint density at radius 1 is 1.00 bits per heavy atom. The van der Waals surface area contributed by atoms with E-state index in [0.717, 1.165) is 18.4 Å². The second kappa shape index (κ2) is 8.07. The number of para-hydroxylation sites is 1. The first kappa shape index (κ1) is 23.7. The summed E-state index contributed by atoms with van der Waals surface area (Å²) in [5.74, 6) is -2.02. The maximum atomic E-state index is 14.6. The van der Waals surface area contributed by atoms with Crippen molar-refractivity contribution >= 4 is 34.7 Å². The van der Waals surface area contributed by atoms with E-state index in [-0.39, 0.29) is 22.9 Å². The van der Waals surface area contributed by atoms with Crippen LogP contribution in [0.25, 0.3) is 0 Å². The molecule has 196 valence electrons. The van der Waals surface area contributed by atoms with Crippen molar-refractivity contribution in [3.63, 3.8) is 0 Å². The van der Waals surface area contributed by atoms with Gasteiger partial charge in [-0.15, -0.1) is 0 Å². The van der Waals surface area contributed by atoms with E-state index in [1.165, 1.54) is 18.2 Å². The topological polar surface area (TPSA) is 122 Å².